The summed E-state index contributed by atoms with van der Waals surface area (Å²) in [5.74, 6) is 0.310. The van der Waals surface area contributed by atoms with Crippen molar-refractivity contribution in [1.82, 2.24) is 0 Å². The fraction of sp³-hybridized carbons (Fsp3) is 0.250. The van der Waals surface area contributed by atoms with Gasteiger partial charge in [-0.2, -0.15) is 8.42 Å². The van der Waals surface area contributed by atoms with E-state index >= 15 is 0 Å². The molecule has 2 rings (SSSR count). The summed E-state index contributed by atoms with van der Waals surface area (Å²) < 4.78 is 29.5. The van der Waals surface area contributed by atoms with Gasteiger partial charge in [-0.25, -0.2) is 0 Å². The molecule has 1 N–H and O–H groups in total. The first-order valence-corrected chi connectivity index (χ1v) is 8.15. The van der Waals surface area contributed by atoms with E-state index in [4.69, 9.17) is 4.18 Å². The molecule has 0 saturated carbocycles. The molecule has 0 amide bonds. The molecule has 5 heteroatoms. The van der Waals surface area contributed by atoms with Gasteiger partial charge in [0.25, 0.3) is 0 Å². The van der Waals surface area contributed by atoms with Gasteiger partial charge in [-0.15, -0.1) is 0 Å². The second-order valence-corrected chi connectivity index (χ2v) is 6.72. The largest absolute Gasteiger partial charge is 0.383 e. The third kappa shape index (κ3) is 4.23. The van der Waals surface area contributed by atoms with Crippen LogP contribution in [-0.4, -0.2) is 14.5 Å². The lowest BCUT2D eigenvalue weighted by Gasteiger charge is -2.11. The lowest BCUT2D eigenvalue weighted by Crippen LogP contribution is -2.11. The van der Waals surface area contributed by atoms with Crippen LogP contribution < -0.4 is 9.50 Å². The molecule has 0 aliphatic carbocycles. The van der Waals surface area contributed by atoms with Crippen molar-refractivity contribution >= 4 is 15.8 Å². The summed E-state index contributed by atoms with van der Waals surface area (Å²) in [6.45, 7) is 5.97. The van der Waals surface area contributed by atoms with Crippen LogP contribution in [0.1, 0.15) is 19.4 Å². The van der Waals surface area contributed by atoms with Crippen LogP contribution in [0.2, 0.25) is 0 Å². The maximum atomic E-state index is 12.2. The standard InChI is InChI=1S/C16H19NO3S/c1-12(2)17-14-6-10-16(11-7-14)21(18,19)20-15-8-4-13(3)5-9-15/h4-12,17H,1-3H3. The van der Waals surface area contributed by atoms with Crippen molar-refractivity contribution in [2.24, 2.45) is 0 Å². The third-order valence-electron chi connectivity index (χ3n) is 2.83. The first kappa shape index (κ1) is 15.4. The first-order valence-electron chi connectivity index (χ1n) is 6.74. The van der Waals surface area contributed by atoms with Gasteiger partial charge in [0.05, 0.1) is 0 Å². The minimum absolute atomic E-state index is 0.136. The molecule has 0 atom stereocenters. The van der Waals surface area contributed by atoms with Crippen molar-refractivity contribution in [3.63, 3.8) is 0 Å². The molecule has 0 fully saturated rings. The van der Waals surface area contributed by atoms with Crippen LogP contribution in [0.25, 0.3) is 0 Å². The van der Waals surface area contributed by atoms with Gasteiger partial charge in [-0.05, 0) is 57.2 Å². The zero-order chi connectivity index (χ0) is 15.5. The number of hydrogen-bond acceptors (Lipinski definition) is 4. The Morgan fingerprint density at radius 1 is 0.952 bits per heavy atom. The molecule has 0 radical (unpaired) electrons. The zero-order valence-corrected chi connectivity index (χ0v) is 13.1. The molecular weight excluding hydrogens is 286 g/mol. The average Bonchev–Trinajstić information content (AvgIpc) is 2.41. The maximum absolute atomic E-state index is 12.2. The van der Waals surface area contributed by atoms with Crippen molar-refractivity contribution in [2.45, 2.75) is 31.7 Å². The molecule has 0 aromatic heterocycles. The Kier molecular flexibility index (Phi) is 4.53. The number of benzene rings is 2. The fourth-order valence-electron chi connectivity index (χ4n) is 1.82. The van der Waals surface area contributed by atoms with Crippen molar-refractivity contribution in [3.05, 3.63) is 54.1 Å². The highest BCUT2D eigenvalue weighted by Crippen LogP contribution is 2.20. The third-order valence-corrected chi connectivity index (χ3v) is 4.09. The summed E-state index contributed by atoms with van der Waals surface area (Å²) >= 11 is 0. The van der Waals surface area contributed by atoms with Crippen LogP contribution in [-0.2, 0) is 10.1 Å². The molecule has 0 spiro atoms. The highest BCUT2D eigenvalue weighted by Gasteiger charge is 2.16. The van der Waals surface area contributed by atoms with Gasteiger partial charge in [0.2, 0.25) is 0 Å². The molecule has 0 heterocycles. The Hall–Kier alpha value is -2.01. The van der Waals surface area contributed by atoms with E-state index in [0.717, 1.165) is 11.3 Å². The summed E-state index contributed by atoms with van der Waals surface area (Å²) in [5.41, 5.74) is 1.92. The maximum Gasteiger partial charge on any atom is 0.339 e. The van der Waals surface area contributed by atoms with Crippen molar-refractivity contribution in [2.75, 3.05) is 5.32 Å². The lowest BCUT2D eigenvalue weighted by atomic mass is 10.2. The SMILES string of the molecule is Cc1ccc(OS(=O)(=O)c2ccc(NC(C)C)cc2)cc1. The molecular formula is C16H19NO3S. The Bertz CT molecular complexity index is 689. The normalized spacial score (nSPS) is 11.4. The van der Waals surface area contributed by atoms with E-state index in [-0.39, 0.29) is 10.9 Å². The van der Waals surface area contributed by atoms with E-state index in [1.165, 1.54) is 12.1 Å². The van der Waals surface area contributed by atoms with E-state index in [2.05, 4.69) is 5.32 Å². The molecule has 0 bridgehead atoms. The first-order chi connectivity index (χ1) is 9.87. The molecule has 0 saturated heterocycles. The molecule has 0 unspecified atom stereocenters. The highest BCUT2D eigenvalue weighted by molar-refractivity contribution is 7.87. The van der Waals surface area contributed by atoms with Crippen LogP contribution >= 0.6 is 0 Å². The molecule has 112 valence electrons. The molecule has 21 heavy (non-hydrogen) atoms. The lowest BCUT2D eigenvalue weighted by molar-refractivity contribution is 0.486. The van der Waals surface area contributed by atoms with Gasteiger partial charge in [0.15, 0.2) is 0 Å². The number of nitrogens with one attached hydrogen (secondary N) is 1. The molecule has 0 aliphatic rings. The summed E-state index contributed by atoms with van der Waals surface area (Å²) in [6.07, 6.45) is 0. The smallest absolute Gasteiger partial charge is 0.339 e. The Labute approximate surface area is 125 Å². The number of rotatable bonds is 5. The number of hydrogen-bond donors (Lipinski definition) is 1. The van der Waals surface area contributed by atoms with Crippen LogP contribution in [0.15, 0.2) is 53.4 Å². The van der Waals surface area contributed by atoms with E-state index in [0.29, 0.717) is 5.75 Å². The van der Waals surface area contributed by atoms with Crippen molar-refractivity contribution < 1.29 is 12.6 Å². The topological polar surface area (TPSA) is 55.4 Å². The average molecular weight is 305 g/mol. The second-order valence-electron chi connectivity index (χ2n) is 5.17. The van der Waals surface area contributed by atoms with E-state index in [9.17, 15) is 8.42 Å². The predicted octanol–water partition coefficient (Wildman–Crippen LogP) is 3.58. The van der Waals surface area contributed by atoms with Gasteiger partial charge in [0.1, 0.15) is 10.6 Å². The number of aryl methyl sites for hydroxylation is 1. The fourth-order valence-corrected chi connectivity index (χ4v) is 2.75. The molecule has 4 nitrogen and oxygen atoms in total. The summed E-state index contributed by atoms with van der Waals surface area (Å²) in [7, 11) is -3.80. The van der Waals surface area contributed by atoms with Gasteiger partial charge in [-0.3, -0.25) is 0 Å². The van der Waals surface area contributed by atoms with Crippen LogP contribution in [0.3, 0.4) is 0 Å². The molecule has 2 aromatic rings. The van der Waals surface area contributed by atoms with E-state index in [1.807, 2.05) is 20.8 Å². The summed E-state index contributed by atoms with van der Waals surface area (Å²) in [4.78, 5) is 0.136. The van der Waals surface area contributed by atoms with E-state index < -0.39 is 10.1 Å². The second kappa shape index (κ2) is 6.18. The van der Waals surface area contributed by atoms with Crippen molar-refractivity contribution in [1.29, 1.82) is 0 Å². The minimum atomic E-state index is -3.80. The van der Waals surface area contributed by atoms with Crippen LogP contribution in [0, 0.1) is 6.92 Å². The Balaban J connectivity index is 2.17. The zero-order valence-electron chi connectivity index (χ0n) is 12.3. The molecule has 0 aliphatic heterocycles. The summed E-state index contributed by atoms with van der Waals surface area (Å²) in [5, 5.41) is 3.20. The quantitative estimate of drug-likeness (QED) is 0.858. The van der Waals surface area contributed by atoms with Crippen molar-refractivity contribution in [3.8, 4) is 5.75 Å². The van der Waals surface area contributed by atoms with Gasteiger partial charge < -0.3 is 9.50 Å². The van der Waals surface area contributed by atoms with Crippen LogP contribution in [0.4, 0.5) is 5.69 Å². The van der Waals surface area contributed by atoms with Gasteiger partial charge in [-0.1, -0.05) is 17.7 Å². The van der Waals surface area contributed by atoms with Crippen LogP contribution in [0.5, 0.6) is 5.75 Å². The predicted molar refractivity (Wildman–Crippen MR) is 84.2 cm³/mol. The highest BCUT2D eigenvalue weighted by atomic mass is 32.2. The minimum Gasteiger partial charge on any atom is -0.383 e. The van der Waals surface area contributed by atoms with Gasteiger partial charge in [0, 0.05) is 11.7 Å². The van der Waals surface area contributed by atoms with Gasteiger partial charge >= 0.3 is 10.1 Å². The monoisotopic (exact) mass is 305 g/mol. The summed E-state index contributed by atoms with van der Waals surface area (Å²) in [6, 6.07) is 13.7. The molecule has 2 aromatic carbocycles. The Morgan fingerprint density at radius 2 is 1.52 bits per heavy atom. The van der Waals surface area contributed by atoms with E-state index in [1.54, 1.807) is 36.4 Å². The Morgan fingerprint density at radius 3 is 2.05 bits per heavy atom. The number of anilines is 1.